The van der Waals surface area contributed by atoms with Gasteiger partial charge in [0.05, 0.1) is 38.1 Å². The van der Waals surface area contributed by atoms with Crippen molar-refractivity contribution in [2.45, 2.75) is 31.8 Å². The van der Waals surface area contributed by atoms with Crippen LogP contribution in [0.5, 0.6) is 0 Å². The Bertz CT molecular complexity index is 1430. The van der Waals surface area contributed by atoms with Crippen LogP contribution in [0, 0.1) is 6.92 Å². The third-order valence-electron chi connectivity index (χ3n) is 5.44. The van der Waals surface area contributed by atoms with E-state index in [-0.39, 0.29) is 17.2 Å². The first kappa shape index (κ1) is 24.3. The highest BCUT2D eigenvalue weighted by atomic mass is 35.5. The Morgan fingerprint density at radius 3 is 2.47 bits per heavy atom. The van der Waals surface area contributed by atoms with Gasteiger partial charge < -0.3 is 5.32 Å². The number of fused-ring (bicyclic) bond motifs is 1. The van der Waals surface area contributed by atoms with E-state index < -0.39 is 0 Å². The highest BCUT2D eigenvalue weighted by Crippen LogP contribution is 2.33. The predicted octanol–water partition coefficient (Wildman–Crippen LogP) is 6.86. The van der Waals surface area contributed by atoms with E-state index in [4.69, 9.17) is 28.2 Å². The van der Waals surface area contributed by atoms with Crippen molar-refractivity contribution in [2.24, 2.45) is 0 Å². The molecule has 0 aliphatic heterocycles. The van der Waals surface area contributed by atoms with Gasteiger partial charge in [0.2, 0.25) is 5.91 Å². The standard InChI is InChI=1S/C26H23Cl2N3O2S/c1-15(2)17-9-11-18(12-10-17)31-25(33)19-6-4-5-7-21(19)29-26(31)34-14-22(32)30-24-20(27)13-8-16(3)23(24)28/h4-13,15H,14H2,1-3H3,(H,30,32). The molecule has 0 unspecified atom stereocenters. The zero-order chi connectivity index (χ0) is 24.4. The van der Waals surface area contributed by atoms with Crippen LogP contribution in [0.3, 0.4) is 0 Å². The molecule has 0 saturated heterocycles. The number of halogens is 2. The molecule has 0 aliphatic rings. The van der Waals surface area contributed by atoms with Crippen molar-refractivity contribution < 1.29 is 4.79 Å². The second-order valence-electron chi connectivity index (χ2n) is 8.19. The molecule has 0 fully saturated rings. The summed E-state index contributed by atoms with van der Waals surface area (Å²) in [5, 5.41) is 4.49. The number of benzene rings is 3. The van der Waals surface area contributed by atoms with Crippen LogP contribution in [0.4, 0.5) is 5.69 Å². The summed E-state index contributed by atoms with van der Waals surface area (Å²) in [6.45, 7) is 6.07. The van der Waals surface area contributed by atoms with E-state index in [9.17, 15) is 9.59 Å². The molecule has 1 N–H and O–H groups in total. The highest BCUT2D eigenvalue weighted by molar-refractivity contribution is 7.99. The van der Waals surface area contributed by atoms with Gasteiger partial charge in [0, 0.05) is 0 Å². The summed E-state index contributed by atoms with van der Waals surface area (Å²) in [6.07, 6.45) is 0. The molecule has 4 rings (SSSR count). The molecule has 0 bridgehead atoms. The van der Waals surface area contributed by atoms with Crippen molar-refractivity contribution in [3.63, 3.8) is 0 Å². The average Bonchev–Trinajstić information content (AvgIpc) is 2.83. The van der Waals surface area contributed by atoms with Crippen molar-refractivity contribution in [3.8, 4) is 5.69 Å². The molecule has 0 saturated carbocycles. The summed E-state index contributed by atoms with van der Waals surface area (Å²) >= 11 is 13.7. The Morgan fingerprint density at radius 1 is 1.06 bits per heavy atom. The van der Waals surface area contributed by atoms with Crippen molar-refractivity contribution in [1.29, 1.82) is 0 Å². The lowest BCUT2D eigenvalue weighted by Gasteiger charge is -2.15. The lowest BCUT2D eigenvalue weighted by Crippen LogP contribution is -2.23. The maximum absolute atomic E-state index is 13.4. The summed E-state index contributed by atoms with van der Waals surface area (Å²) in [5.41, 5.74) is 3.45. The van der Waals surface area contributed by atoms with E-state index in [2.05, 4.69) is 19.2 Å². The van der Waals surface area contributed by atoms with Gasteiger partial charge in [-0.2, -0.15) is 0 Å². The summed E-state index contributed by atoms with van der Waals surface area (Å²) in [7, 11) is 0. The Labute approximate surface area is 212 Å². The highest BCUT2D eigenvalue weighted by Gasteiger charge is 2.17. The van der Waals surface area contributed by atoms with Gasteiger partial charge in [0.1, 0.15) is 0 Å². The van der Waals surface area contributed by atoms with Crippen molar-refractivity contribution >= 4 is 57.5 Å². The Hall–Kier alpha value is -2.80. The molecular formula is C26H23Cl2N3O2S. The second-order valence-corrected chi connectivity index (χ2v) is 9.92. The second kappa shape index (κ2) is 10.2. The van der Waals surface area contributed by atoms with Gasteiger partial charge in [-0.15, -0.1) is 0 Å². The smallest absolute Gasteiger partial charge is 0.266 e. The average molecular weight is 512 g/mol. The normalized spacial score (nSPS) is 11.2. The number of carbonyl (C=O) groups is 1. The largest absolute Gasteiger partial charge is 0.323 e. The van der Waals surface area contributed by atoms with Crippen molar-refractivity contribution in [2.75, 3.05) is 11.1 Å². The first-order valence-electron chi connectivity index (χ1n) is 10.8. The molecular weight excluding hydrogens is 489 g/mol. The van der Waals surface area contributed by atoms with Crippen LogP contribution in [0.1, 0.15) is 30.9 Å². The summed E-state index contributed by atoms with van der Waals surface area (Å²) in [4.78, 5) is 30.9. The fraction of sp³-hybridized carbons (Fsp3) is 0.192. The number of para-hydroxylation sites is 1. The van der Waals surface area contributed by atoms with Crippen molar-refractivity contribution in [1.82, 2.24) is 9.55 Å². The summed E-state index contributed by atoms with van der Waals surface area (Å²) in [6, 6.07) is 18.5. The molecule has 34 heavy (non-hydrogen) atoms. The van der Waals surface area contributed by atoms with E-state index >= 15 is 0 Å². The zero-order valence-electron chi connectivity index (χ0n) is 18.9. The number of nitrogens with one attached hydrogen (secondary N) is 1. The van der Waals surface area contributed by atoms with E-state index in [0.29, 0.717) is 43.4 Å². The number of hydrogen-bond donors (Lipinski definition) is 1. The maximum Gasteiger partial charge on any atom is 0.266 e. The van der Waals surface area contributed by atoms with Crippen molar-refractivity contribution in [3.05, 3.63) is 92.2 Å². The zero-order valence-corrected chi connectivity index (χ0v) is 21.3. The number of carbonyl (C=O) groups excluding carboxylic acids is 1. The minimum absolute atomic E-state index is 0.0233. The van der Waals surface area contributed by atoms with Gasteiger partial charge in [-0.3, -0.25) is 14.2 Å². The number of nitrogens with zero attached hydrogens (tertiary/aromatic N) is 2. The van der Waals surface area contributed by atoms with Crippen LogP contribution in [-0.2, 0) is 4.79 Å². The third kappa shape index (κ3) is 4.99. The molecule has 5 nitrogen and oxygen atoms in total. The third-order valence-corrected chi connectivity index (χ3v) is 7.18. The fourth-order valence-electron chi connectivity index (χ4n) is 3.52. The van der Waals surface area contributed by atoms with Gasteiger partial charge in [-0.1, -0.05) is 79.1 Å². The van der Waals surface area contributed by atoms with Gasteiger partial charge in [-0.25, -0.2) is 4.98 Å². The topological polar surface area (TPSA) is 64.0 Å². The number of aryl methyl sites for hydroxylation is 1. The number of thioether (sulfide) groups is 1. The minimum atomic E-state index is -0.302. The first-order valence-corrected chi connectivity index (χ1v) is 12.5. The van der Waals surface area contributed by atoms with E-state index in [1.165, 1.54) is 17.3 Å². The van der Waals surface area contributed by atoms with Crippen LogP contribution in [0.2, 0.25) is 10.0 Å². The van der Waals surface area contributed by atoms with E-state index in [1.54, 1.807) is 28.8 Å². The van der Waals surface area contributed by atoms with Crippen LogP contribution in [-0.4, -0.2) is 21.2 Å². The van der Waals surface area contributed by atoms with Gasteiger partial charge in [0.25, 0.3) is 5.56 Å². The molecule has 1 amide bonds. The number of hydrogen-bond acceptors (Lipinski definition) is 4. The Morgan fingerprint density at radius 2 is 1.76 bits per heavy atom. The van der Waals surface area contributed by atoms with Crippen LogP contribution < -0.4 is 10.9 Å². The maximum atomic E-state index is 13.4. The summed E-state index contributed by atoms with van der Waals surface area (Å²) < 4.78 is 1.55. The molecule has 3 aromatic carbocycles. The van der Waals surface area contributed by atoms with Gasteiger partial charge in [-0.05, 0) is 54.3 Å². The SMILES string of the molecule is Cc1ccc(Cl)c(NC(=O)CSc2nc3ccccc3c(=O)n2-c2ccc(C(C)C)cc2)c1Cl. The van der Waals surface area contributed by atoms with Crippen LogP contribution in [0.25, 0.3) is 16.6 Å². The molecule has 0 atom stereocenters. The lowest BCUT2D eigenvalue weighted by atomic mass is 10.0. The molecule has 0 spiro atoms. The predicted molar refractivity (Wildman–Crippen MR) is 142 cm³/mol. The molecule has 0 aliphatic carbocycles. The van der Waals surface area contributed by atoms with Crippen LogP contribution in [0.15, 0.2) is 70.6 Å². The number of aromatic nitrogens is 2. The molecule has 1 aromatic heterocycles. The Kier molecular flexibility index (Phi) is 7.31. The molecule has 0 radical (unpaired) electrons. The van der Waals surface area contributed by atoms with E-state index in [0.717, 1.165) is 5.56 Å². The number of anilines is 1. The quantitative estimate of drug-likeness (QED) is 0.227. The fourth-order valence-corrected chi connectivity index (χ4v) is 4.80. The number of rotatable bonds is 6. The molecule has 4 aromatic rings. The molecule has 8 heteroatoms. The molecule has 174 valence electrons. The van der Waals surface area contributed by atoms with Gasteiger partial charge in [0.15, 0.2) is 5.16 Å². The lowest BCUT2D eigenvalue weighted by molar-refractivity contribution is -0.113. The molecule has 1 heterocycles. The minimum Gasteiger partial charge on any atom is -0.323 e. The number of amides is 1. The Balaban J connectivity index is 1.68. The summed E-state index contributed by atoms with van der Waals surface area (Å²) in [5.74, 6) is 0.0944. The van der Waals surface area contributed by atoms with Crippen LogP contribution >= 0.6 is 35.0 Å². The monoisotopic (exact) mass is 511 g/mol. The van der Waals surface area contributed by atoms with Gasteiger partial charge >= 0.3 is 0 Å². The van der Waals surface area contributed by atoms with E-state index in [1.807, 2.05) is 43.3 Å². The first-order chi connectivity index (χ1) is 16.3.